The summed E-state index contributed by atoms with van der Waals surface area (Å²) >= 11 is 0. The lowest BCUT2D eigenvalue weighted by Gasteiger charge is -2.25. The monoisotopic (exact) mass is 229 g/mol. The van der Waals surface area contributed by atoms with Gasteiger partial charge >= 0.3 is 0 Å². The molecule has 1 nitrogen and oxygen atoms in total. The van der Waals surface area contributed by atoms with Crippen molar-refractivity contribution in [1.29, 1.82) is 0 Å². The van der Waals surface area contributed by atoms with E-state index in [2.05, 4.69) is 31.2 Å². The molecule has 2 bridgehead atoms. The van der Waals surface area contributed by atoms with Gasteiger partial charge < -0.3 is 5.73 Å². The van der Waals surface area contributed by atoms with E-state index >= 15 is 0 Å². The summed E-state index contributed by atoms with van der Waals surface area (Å²) in [6, 6.07) is 8.96. The molecule has 0 radical (unpaired) electrons. The van der Waals surface area contributed by atoms with Crippen LogP contribution in [0, 0.1) is 24.7 Å². The Bertz CT molecular complexity index is 398. The Morgan fingerprint density at radius 2 is 2.18 bits per heavy atom. The van der Waals surface area contributed by atoms with Gasteiger partial charge in [0.25, 0.3) is 0 Å². The van der Waals surface area contributed by atoms with Crippen LogP contribution >= 0.6 is 0 Å². The highest BCUT2D eigenvalue weighted by Gasteiger charge is 2.39. The van der Waals surface area contributed by atoms with Gasteiger partial charge in [0, 0.05) is 6.04 Å². The maximum Gasteiger partial charge on any atom is 0.0297 e. The highest BCUT2D eigenvalue weighted by Crippen LogP contribution is 2.50. The molecule has 0 amide bonds. The van der Waals surface area contributed by atoms with Gasteiger partial charge in [0.05, 0.1) is 0 Å². The topological polar surface area (TPSA) is 26.0 Å². The molecule has 0 saturated heterocycles. The molecule has 0 heterocycles. The highest BCUT2D eigenvalue weighted by atomic mass is 14.6. The van der Waals surface area contributed by atoms with Crippen LogP contribution in [0.4, 0.5) is 0 Å². The maximum atomic E-state index is 6.38. The van der Waals surface area contributed by atoms with Crippen LogP contribution in [-0.2, 0) is 0 Å². The molecule has 1 heteroatoms. The SMILES string of the molecule is Cc1cccc(C(N)CC2CC3CCC2C3)c1. The van der Waals surface area contributed by atoms with E-state index in [1.54, 1.807) is 0 Å². The molecular formula is C16H23N. The summed E-state index contributed by atoms with van der Waals surface area (Å²) in [6.07, 6.45) is 7.09. The summed E-state index contributed by atoms with van der Waals surface area (Å²) in [5, 5.41) is 0. The largest absolute Gasteiger partial charge is 0.324 e. The number of hydrogen-bond acceptors (Lipinski definition) is 1. The lowest BCUT2D eigenvalue weighted by molar-refractivity contribution is 0.296. The Hall–Kier alpha value is -0.820. The predicted octanol–water partition coefficient (Wildman–Crippen LogP) is 3.82. The zero-order valence-electron chi connectivity index (χ0n) is 10.7. The Kier molecular flexibility index (Phi) is 2.96. The number of nitrogens with two attached hydrogens (primary N) is 1. The summed E-state index contributed by atoms with van der Waals surface area (Å²) in [4.78, 5) is 0. The van der Waals surface area contributed by atoms with E-state index in [1.807, 2.05) is 0 Å². The Balaban J connectivity index is 1.65. The van der Waals surface area contributed by atoms with Crippen molar-refractivity contribution in [1.82, 2.24) is 0 Å². The van der Waals surface area contributed by atoms with Gasteiger partial charge in [-0.1, -0.05) is 36.2 Å². The van der Waals surface area contributed by atoms with Gasteiger partial charge in [-0.05, 0) is 55.9 Å². The van der Waals surface area contributed by atoms with E-state index in [9.17, 15) is 0 Å². The molecular weight excluding hydrogens is 206 g/mol. The van der Waals surface area contributed by atoms with Gasteiger partial charge in [-0.2, -0.15) is 0 Å². The second kappa shape index (κ2) is 4.45. The summed E-state index contributed by atoms with van der Waals surface area (Å²) in [6.45, 7) is 2.15. The summed E-state index contributed by atoms with van der Waals surface area (Å²) in [5.41, 5.74) is 9.03. The van der Waals surface area contributed by atoms with Crippen LogP contribution in [0.15, 0.2) is 24.3 Å². The first kappa shape index (κ1) is 11.3. The van der Waals surface area contributed by atoms with Crippen LogP contribution in [0.2, 0.25) is 0 Å². The van der Waals surface area contributed by atoms with Gasteiger partial charge in [0.2, 0.25) is 0 Å². The number of benzene rings is 1. The van der Waals surface area contributed by atoms with Crippen LogP contribution in [0.1, 0.15) is 49.3 Å². The van der Waals surface area contributed by atoms with E-state index in [4.69, 9.17) is 5.73 Å². The molecule has 2 fully saturated rings. The lowest BCUT2D eigenvalue weighted by atomic mass is 9.83. The molecule has 0 aromatic heterocycles. The Labute approximate surface area is 104 Å². The second-order valence-electron chi connectivity index (χ2n) is 6.19. The summed E-state index contributed by atoms with van der Waals surface area (Å²) in [5.74, 6) is 2.94. The molecule has 92 valence electrons. The molecule has 2 saturated carbocycles. The zero-order chi connectivity index (χ0) is 11.8. The molecule has 2 N–H and O–H groups in total. The molecule has 17 heavy (non-hydrogen) atoms. The fraction of sp³-hybridized carbons (Fsp3) is 0.625. The lowest BCUT2D eigenvalue weighted by Crippen LogP contribution is -2.19. The van der Waals surface area contributed by atoms with Crippen LogP contribution < -0.4 is 5.73 Å². The van der Waals surface area contributed by atoms with Gasteiger partial charge in [0.1, 0.15) is 0 Å². The highest BCUT2D eigenvalue weighted by molar-refractivity contribution is 5.24. The third kappa shape index (κ3) is 2.26. The van der Waals surface area contributed by atoms with Crippen molar-refractivity contribution in [3.05, 3.63) is 35.4 Å². The van der Waals surface area contributed by atoms with Crippen molar-refractivity contribution >= 4 is 0 Å². The molecule has 4 atom stereocenters. The van der Waals surface area contributed by atoms with Crippen LogP contribution in [-0.4, -0.2) is 0 Å². The van der Waals surface area contributed by atoms with Crippen molar-refractivity contribution in [2.75, 3.05) is 0 Å². The van der Waals surface area contributed by atoms with Crippen molar-refractivity contribution in [3.8, 4) is 0 Å². The Morgan fingerprint density at radius 1 is 1.29 bits per heavy atom. The van der Waals surface area contributed by atoms with Crippen LogP contribution in [0.3, 0.4) is 0 Å². The summed E-state index contributed by atoms with van der Waals surface area (Å²) in [7, 11) is 0. The molecule has 2 aliphatic rings. The standard InChI is InChI=1S/C16H23N/c1-11-3-2-4-14(7-11)16(17)10-15-9-12-5-6-13(15)8-12/h2-4,7,12-13,15-16H,5-6,8-10,17H2,1H3. The van der Waals surface area contributed by atoms with Crippen molar-refractivity contribution < 1.29 is 0 Å². The van der Waals surface area contributed by atoms with Crippen molar-refractivity contribution in [2.45, 2.75) is 45.1 Å². The summed E-state index contributed by atoms with van der Waals surface area (Å²) < 4.78 is 0. The molecule has 4 unspecified atom stereocenters. The number of rotatable bonds is 3. The molecule has 0 aliphatic heterocycles. The quantitative estimate of drug-likeness (QED) is 0.837. The van der Waals surface area contributed by atoms with Gasteiger partial charge in [-0.15, -0.1) is 0 Å². The first-order valence-corrected chi connectivity index (χ1v) is 7.04. The van der Waals surface area contributed by atoms with E-state index in [0.29, 0.717) is 0 Å². The van der Waals surface area contributed by atoms with E-state index in [-0.39, 0.29) is 6.04 Å². The second-order valence-corrected chi connectivity index (χ2v) is 6.19. The average molecular weight is 229 g/mol. The average Bonchev–Trinajstić information content (AvgIpc) is 2.91. The van der Waals surface area contributed by atoms with Gasteiger partial charge in [0.15, 0.2) is 0 Å². The van der Waals surface area contributed by atoms with Crippen molar-refractivity contribution in [2.24, 2.45) is 23.5 Å². The zero-order valence-corrected chi connectivity index (χ0v) is 10.7. The predicted molar refractivity (Wildman–Crippen MR) is 71.7 cm³/mol. The van der Waals surface area contributed by atoms with E-state index in [0.717, 1.165) is 17.8 Å². The van der Waals surface area contributed by atoms with Crippen LogP contribution in [0.5, 0.6) is 0 Å². The molecule has 3 rings (SSSR count). The minimum Gasteiger partial charge on any atom is -0.324 e. The molecule has 1 aromatic carbocycles. The molecule has 0 spiro atoms. The van der Waals surface area contributed by atoms with Gasteiger partial charge in [-0.25, -0.2) is 0 Å². The molecule has 1 aromatic rings. The number of aryl methyl sites for hydroxylation is 1. The van der Waals surface area contributed by atoms with Crippen LogP contribution in [0.25, 0.3) is 0 Å². The first-order valence-electron chi connectivity index (χ1n) is 7.04. The van der Waals surface area contributed by atoms with Gasteiger partial charge in [-0.3, -0.25) is 0 Å². The van der Waals surface area contributed by atoms with E-state index in [1.165, 1.54) is 43.2 Å². The third-order valence-electron chi connectivity index (χ3n) is 4.91. The normalized spacial score (nSPS) is 32.9. The third-order valence-corrected chi connectivity index (χ3v) is 4.91. The maximum absolute atomic E-state index is 6.38. The first-order chi connectivity index (χ1) is 8.22. The fourth-order valence-electron chi connectivity index (χ4n) is 4.03. The number of hydrogen-bond donors (Lipinski definition) is 1. The number of fused-ring (bicyclic) bond motifs is 2. The fourth-order valence-corrected chi connectivity index (χ4v) is 4.03. The molecule has 2 aliphatic carbocycles. The Morgan fingerprint density at radius 3 is 2.82 bits per heavy atom. The minimum atomic E-state index is 0.249. The minimum absolute atomic E-state index is 0.249. The van der Waals surface area contributed by atoms with E-state index < -0.39 is 0 Å². The van der Waals surface area contributed by atoms with Crippen molar-refractivity contribution in [3.63, 3.8) is 0 Å². The smallest absolute Gasteiger partial charge is 0.0297 e.